The van der Waals surface area contributed by atoms with Gasteiger partial charge in [-0.1, -0.05) is 6.42 Å². The maximum absolute atomic E-state index is 6.26. The summed E-state index contributed by atoms with van der Waals surface area (Å²) in [5, 5.41) is 0. The number of hydrogen-bond acceptors (Lipinski definition) is 4. The summed E-state index contributed by atoms with van der Waals surface area (Å²) in [6.45, 7) is 3.01. The Kier molecular flexibility index (Phi) is 5.29. The topological polar surface area (TPSA) is 38.5 Å². The standard InChI is InChI=1S/C16H30N2OS/c17-8-2-9-18(14-3-1-4-14)15-5-10-19-16(13-15)6-11-20-12-7-16/h14-15H,1-13,17H2. The highest BCUT2D eigenvalue weighted by Gasteiger charge is 2.42. The van der Waals surface area contributed by atoms with Crippen molar-refractivity contribution in [1.29, 1.82) is 0 Å². The van der Waals surface area contributed by atoms with Gasteiger partial charge in [-0.05, 0) is 69.5 Å². The lowest BCUT2D eigenvalue weighted by Crippen LogP contribution is -2.54. The SMILES string of the molecule is NCCCN(C1CCC1)C1CCOC2(CCSCC2)C1. The van der Waals surface area contributed by atoms with Crippen molar-refractivity contribution < 1.29 is 4.74 Å². The van der Waals surface area contributed by atoms with E-state index in [9.17, 15) is 0 Å². The molecular formula is C16H30N2OS. The van der Waals surface area contributed by atoms with Crippen molar-refractivity contribution in [3.63, 3.8) is 0 Å². The van der Waals surface area contributed by atoms with Crippen LogP contribution in [0.25, 0.3) is 0 Å². The second-order valence-electron chi connectivity index (χ2n) is 6.76. The Morgan fingerprint density at radius 3 is 2.60 bits per heavy atom. The molecule has 0 amide bonds. The van der Waals surface area contributed by atoms with E-state index in [2.05, 4.69) is 16.7 Å². The molecule has 3 rings (SSSR count). The minimum Gasteiger partial charge on any atom is -0.375 e. The third-order valence-electron chi connectivity index (χ3n) is 5.50. The summed E-state index contributed by atoms with van der Waals surface area (Å²) < 4.78 is 6.26. The van der Waals surface area contributed by atoms with Crippen molar-refractivity contribution in [2.75, 3.05) is 31.2 Å². The summed E-state index contributed by atoms with van der Waals surface area (Å²) in [6.07, 6.45) is 10.4. The largest absolute Gasteiger partial charge is 0.375 e. The van der Waals surface area contributed by atoms with Crippen LogP contribution in [-0.2, 0) is 4.74 Å². The van der Waals surface area contributed by atoms with Gasteiger partial charge < -0.3 is 10.5 Å². The van der Waals surface area contributed by atoms with Crippen LogP contribution < -0.4 is 5.73 Å². The fourth-order valence-electron chi connectivity index (χ4n) is 4.03. The molecule has 0 radical (unpaired) electrons. The molecule has 2 saturated heterocycles. The summed E-state index contributed by atoms with van der Waals surface area (Å²) in [4.78, 5) is 2.81. The molecule has 1 atom stereocenters. The van der Waals surface area contributed by atoms with Crippen molar-refractivity contribution in [3.05, 3.63) is 0 Å². The Labute approximate surface area is 128 Å². The van der Waals surface area contributed by atoms with E-state index in [4.69, 9.17) is 10.5 Å². The van der Waals surface area contributed by atoms with E-state index in [1.54, 1.807) is 0 Å². The molecule has 0 aromatic carbocycles. The quantitative estimate of drug-likeness (QED) is 0.847. The second-order valence-corrected chi connectivity index (χ2v) is 7.98. The predicted octanol–water partition coefficient (Wildman–Crippen LogP) is 2.63. The first kappa shape index (κ1) is 15.1. The van der Waals surface area contributed by atoms with E-state index in [0.717, 1.165) is 31.7 Å². The van der Waals surface area contributed by atoms with Crippen LogP contribution in [0.2, 0.25) is 0 Å². The maximum atomic E-state index is 6.26. The van der Waals surface area contributed by atoms with Gasteiger partial charge in [0.05, 0.1) is 5.60 Å². The van der Waals surface area contributed by atoms with E-state index >= 15 is 0 Å². The first-order valence-corrected chi connectivity index (χ1v) is 9.66. The molecule has 0 bridgehead atoms. The minimum atomic E-state index is 0.221. The van der Waals surface area contributed by atoms with Gasteiger partial charge in [-0.25, -0.2) is 0 Å². The highest BCUT2D eigenvalue weighted by atomic mass is 32.2. The molecule has 3 aliphatic rings. The van der Waals surface area contributed by atoms with Crippen molar-refractivity contribution in [3.8, 4) is 0 Å². The van der Waals surface area contributed by atoms with E-state index in [1.807, 2.05) is 0 Å². The lowest BCUT2D eigenvalue weighted by atomic mass is 9.82. The van der Waals surface area contributed by atoms with Crippen LogP contribution in [-0.4, -0.2) is 53.8 Å². The number of rotatable bonds is 5. The zero-order valence-electron chi connectivity index (χ0n) is 12.7. The Morgan fingerprint density at radius 2 is 1.95 bits per heavy atom. The Balaban J connectivity index is 1.63. The molecule has 0 aromatic heterocycles. The highest BCUT2D eigenvalue weighted by molar-refractivity contribution is 7.99. The molecule has 1 saturated carbocycles. The van der Waals surface area contributed by atoms with Gasteiger partial charge in [-0.2, -0.15) is 11.8 Å². The predicted molar refractivity (Wildman–Crippen MR) is 86.3 cm³/mol. The van der Waals surface area contributed by atoms with Crippen molar-refractivity contribution in [1.82, 2.24) is 4.90 Å². The third-order valence-corrected chi connectivity index (χ3v) is 6.49. The number of thioether (sulfide) groups is 1. The Bertz CT molecular complexity index is 297. The van der Waals surface area contributed by atoms with Gasteiger partial charge in [0, 0.05) is 18.7 Å². The Hall–Kier alpha value is 0.230. The normalized spacial score (nSPS) is 30.6. The molecule has 2 aliphatic heterocycles. The molecule has 20 heavy (non-hydrogen) atoms. The van der Waals surface area contributed by atoms with Gasteiger partial charge in [0.1, 0.15) is 0 Å². The fourth-order valence-corrected chi connectivity index (χ4v) is 5.27. The third kappa shape index (κ3) is 3.34. The number of nitrogens with two attached hydrogens (primary N) is 1. The van der Waals surface area contributed by atoms with Gasteiger partial charge in [-0.15, -0.1) is 0 Å². The number of ether oxygens (including phenoxy) is 1. The van der Waals surface area contributed by atoms with Crippen molar-refractivity contribution >= 4 is 11.8 Å². The molecule has 1 unspecified atom stereocenters. The molecule has 1 aliphatic carbocycles. The summed E-state index contributed by atoms with van der Waals surface area (Å²) in [5.41, 5.74) is 5.97. The summed E-state index contributed by atoms with van der Waals surface area (Å²) >= 11 is 2.10. The maximum Gasteiger partial charge on any atom is 0.0713 e. The number of hydrogen-bond donors (Lipinski definition) is 1. The van der Waals surface area contributed by atoms with Crippen LogP contribution in [0.4, 0.5) is 0 Å². The highest BCUT2D eigenvalue weighted by Crippen LogP contribution is 2.40. The van der Waals surface area contributed by atoms with Crippen molar-refractivity contribution in [2.45, 2.75) is 69.1 Å². The van der Waals surface area contributed by atoms with E-state index in [1.165, 1.54) is 63.0 Å². The van der Waals surface area contributed by atoms with Crippen LogP contribution in [0, 0.1) is 0 Å². The summed E-state index contributed by atoms with van der Waals surface area (Å²) in [7, 11) is 0. The molecule has 116 valence electrons. The van der Waals surface area contributed by atoms with Gasteiger partial charge in [0.2, 0.25) is 0 Å². The van der Waals surface area contributed by atoms with Crippen LogP contribution in [0.15, 0.2) is 0 Å². The smallest absolute Gasteiger partial charge is 0.0713 e. The van der Waals surface area contributed by atoms with Gasteiger partial charge >= 0.3 is 0 Å². The first-order chi connectivity index (χ1) is 9.83. The molecule has 3 nitrogen and oxygen atoms in total. The van der Waals surface area contributed by atoms with Crippen LogP contribution in [0.5, 0.6) is 0 Å². The molecule has 1 spiro atoms. The van der Waals surface area contributed by atoms with Gasteiger partial charge in [-0.3, -0.25) is 4.90 Å². The van der Waals surface area contributed by atoms with E-state index in [0.29, 0.717) is 0 Å². The molecule has 4 heteroatoms. The zero-order chi connectivity index (χ0) is 13.8. The molecular weight excluding hydrogens is 268 g/mol. The Morgan fingerprint density at radius 1 is 1.15 bits per heavy atom. The molecule has 3 fully saturated rings. The lowest BCUT2D eigenvalue weighted by molar-refractivity contribution is -0.118. The van der Waals surface area contributed by atoms with Crippen LogP contribution in [0.1, 0.15) is 51.4 Å². The monoisotopic (exact) mass is 298 g/mol. The molecule has 0 aromatic rings. The van der Waals surface area contributed by atoms with E-state index in [-0.39, 0.29) is 5.60 Å². The zero-order valence-corrected chi connectivity index (χ0v) is 13.5. The average molecular weight is 298 g/mol. The molecule has 2 N–H and O–H groups in total. The van der Waals surface area contributed by atoms with Crippen LogP contribution >= 0.6 is 11.8 Å². The van der Waals surface area contributed by atoms with Crippen molar-refractivity contribution in [2.24, 2.45) is 5.73 Å². The second kappa shape index (κ2) is 6.99. The average Bonchev–Trinajstić information content (AvgIpc) is 2.42. The summed E-state index contributed by atoms with van der Waals surface area (Å²) in [5.74, 6) is 2.58. The minimum absolute atomic E-state index is 0.221. The lowest BCUT2D eigenvalue weighted by Gasteiger charge is -2.50. The summed E-state index contributed by atoms with van der Waals surface area (Å²) in [6, 6.07) is 1.60. The van der Waals surface area contributed by atoms with Crippen LogP contribution in [0.3, 0.4) is 0 Å². The first-order valence-electron chi connectivity index (χ1n) is 8.50. The number of nitrogens with zero attached hydrogens (tertiary/aromatic N) is 1. The van der Waals surface area contributed by atoms with Gasteiger partial charge in [0.25, 0.3) is 0 Å². The van der Waals surface area contributed by atoms with Gasteiger partial charge in [0.15, 0.2) is 0 Å². The fraction of sp³-hybridized carbons (Fsp3) is 1.00. The molecule has 2 heterocycles. The van der Waals surface area contributed by atoms with E-state index < -0.39 is 0 Å².